The van der Waals surface area contributed by atoms with E-state index in [4.69, 9.17) is 0 Å². The van der Waals surface area contributed by atoms with Crippen molar-refractivity contribution in [2.24, 2.45) is 0 Å². The summed E-state index contributed by atoms with van der Waals surface area (Å²) in [5.74, 6) is 0. The largest absolute Gasteiger partial charge is 0.147 e. The summed E-state index contributed by atoms with van der Waals surface area (Å²) in [6.45, 7) is 4.72. The van der Waals surface area contributed by atoms with Gasteiger partial charge in [-0.3, -0.25) is 0 Å². The first-order valence-corrected chi connectivity index (χ1v) is 20.7. The molecular formula is C34H36Cl2SiTi. The first-order valence-electron chi connectivity index (χ1n) is 13.3. The third-order valence-corrected chi connectivity index (χ3v) is 27.4. The van der Waals surface area contributed by atoms with Gasteiger partial charge in [0.05, 0.1) is 0 Å². The summed E-state index contributed by atoms with van der Waals surface area (Å²) in [6, 6.07) is 41.8. The van der Waals surface area contributed by atoms with Crippen LogP contribution in [0.4, 0.5) is 0 Å². The Morgan fingerprint density at radius 3 is 1.24 bits per heavy atom. The van der Waals surface area contributed by atoms with E-state index in [0.29, 0.717) is 8.45 Å². The van der Waals surface area contributed by atoms with Gasteiger partial charge in [0.2, 0.25) is 0 Å². The summed E-state index contributed by atoms with van der Waals surface area (Å²) < 4.78 is 4.00. The number of benzene rings is 4. The van der Waals surface area contributed by atoms with Crippen LogP contribution in [-0.2, 0) is 14.0 Å². The zero-order chi connectivity index (χ0) is 24.8. The van der Waals surface area contributed by atoms with Crippen LogP contribution in [0.3, 0.4) is 0 Å². The number of halogens is 2. The second-order valence-electron chi connectivity index (χ2n) is 10.6. The van der Waals surface area contributed by atoms with Gasteiger partial charge in [-0.2, -0.15) is 0 Å². The van der Waals surface area contributed by atoms with Crippen LogP contribution >= 0.6 is 24.8 Å². The Morgan fingerprint density at radius 2 is 0.868 bits per heavy atom. The molecule has 4 heteroatoms. The van der Waals surface area contributed by atoms with Crippen molar-refractivity contribution in [3.05, 3.63) is 143 Å². The Labute approximate surface area is 242 Å². The van der Waals surface area contributed by atoms with Gasteiger partial charge in [-0.05, 0) is 0 Å². The molecule has 0 aliphatic heterocycles. The Kier molecular flexibility index (Phi) is 8.48. The predicted octanol–water partition coefficient (Wildman–Crippen LogP) is 7.82. The molecular weight excluding hydrogens is 555 g/mol. The third-order valence-electron chi connectivity index (χ3n) is 9.08. The maximum Gasteiger partial charge on any atom is -0.147 e. The van der Waals surface area contributed by atoms with Gasteiger partial charge < -0.3 is 0 Å². The Balaban J connectivity index is 0.00000168. The standard InChI is InChI=1S/2C11H11.2C6H5.2ClH.H2Si.Ti/c2*1-2-9-7-10-5-3-4-6-11(10)8-9;2*1-2-4-6-5-3-1;;;;/h2*3-8H,2H2,1H3;2*1-5H;2*1H;1H2;. The Morgan fingerprint density at radius 1 is 0.526 bits per heavy atom. The average Bonchev–Trinajstić information content (AvgIpc) is 3.53. The van der Waals surface area contributed by atoms with Crippen molar-refractivity contribution in [2.45, 2.75) is 35.1 Å². The number of hydrogen-bond acceptors (Lipinski definition) is 0. The molecule has 0 amide bonds. The number of rotatable bonds is 6. The maximum atomic E-state index is 2.53. The van der Waals surface area contributed by atoms with Crippen molar-refractivity contribution < 1.29 is 14.0 Å². The summed E-state index contributed by atoms with van der Waals surface area (Å²) in [5, 5.41) is 0. The second kappa shape index (κ2) is 11.2. The van der Waals surface area contributed by atoms with Crippen LogP contribution in [0.2, 0.25) is 0 Å². The minimum absolute atomic E-state index is 0. The predicted molar refractivity (Wildman–Crippen MR) is 170 cm³/mol. The van der Waals surface area contributed by atoms with Gasteiger partial charge in [0, 0.05) is 0 Å². The normalized spacial score (nSPS) is 17.9. The van der Waals surface area contributed by atoms with E-state index in [-0.39, 0.29) is 24.8 Å². The quantitative estimate of drug-likeness (QED) is 0.201. The third kappa shape index (κ3) is 3.98. The molecule has 0 nitrogen and oxygen atoms in total. The molecule has 0 radical (unpaired) electrons. The first-order chi connectivity index (χ1) is 17.6. The second-order valence-corrected chi connectivity index (χ2v) is 25.6. The van der Waals surface area contributed by atoms with E-state index in [1.807, 2.05) is 0 Å². The molecule has 0 saturated heterocycles. The Bertz CT molecular complexity index is 1450. The minimum Gasteiger partial charge on any atom is -0.147 e. The van der Waals surface area contributed by atoms with Gasteiger partial charge in [-0.15, -0.1) is 24.8 Å². The summed E-state index contributed by atoms with van der Waals surface area (Å²) in [7, 11) is 2.45. The van der Waals surface area contributed by atoms with Crippen LogP contribution < -0.4 is 7.74 Å². The van der Waals surface area contributed by atoms with Crippen molar-refractivity contribution in [2.75, 3.05) is 0 Å². The van der Waals surface area contributed by atoms with Crippen LogP contribution in [0, 0.1) is 0 Å². The fraction of sp³-hybridized carbons (Fsp3) is 0.176. The summed E-state index contributed by atoms with van der Waals surface area (Å²) >= 11 is -4.04. The smallest absolute Gasteiger partial charge is 0.147 e. The molecule has 2 aliphatic rings. The maximum absolute atomic E-state index is 4.04. The van der Waals surface area contributed by atoms with Crippen LogP contribution in [0.25, 0.3) is 12.2 Å². The average molecular weight is 592 g/mol. The minimum atomic E-state index is -4.04. The van der Waals surface area contributed by atoms with E-state index in [9.17, 15) is 0 Å². The molecule has 6 rings (SSSR count). The van der Waals surface area contributed by atoms with Crippen LogP contribution in [0.5, 0.6) is 0 Å². The molecule has 0 aromatic heterocycles. The molecule has 38 heavy (non-hydrogen) atoms. The molecule has 2 aliphatic carbocycles. The van der Waals surface area contributed by atoms with Crippen molar-refractivity contribution in [1.29, 1.82) is 0 Å². The molecule has 4 aromatic carbocycles. The molecule has 194 valence electrons. The molecule has 0 N–H and O–H groups in total. The molecule has 0 heterocycles. The number of hydrogen-bond donors (Lipinski definition) is 0. The van der Waals surface area contributed by atoms with Gasteiger partial charge in [0.15, 0.2) is 0 Å². The topological polar surface area (TPSA) is 0 Å². The molecule has 4 aromatic rings. The van der Waals surface area contributed by atoms with Crippen LogP contribution in [0.1, 0.15) is 57.4 Å². The summed E-state index contributed by atoms with van der Waals surface area (Å²) in [6.07, 6.45) is 7.21. The van der Waals surface area contributed by atoms with Crippen LogP contribution in [-0.4, -0.2) is 7.63 Å². The van der Waals surface area contributed by atoms with Gasteiger partial charge in [-0.25, -0.2) is 0 Å². The van der Waals surface area contributed by atoms with E-state index in [2.05, 4.69) is 143 Å². The van der Waals surface area contributed by atoms with E-state index in [0.717, 1.165) is 12.8 Å². The Hall–Kier alpha value is -2.13. The number of allylic oxidation sites excluding steroid dienone is 2. The SMILES string of the molecule is CCC1=Cc2ccccc2[CH]1[Ti](=[SiH2])([c]1ccccc1)([c]1ccccc1)[CH]1C(CC)=Cc2ccccc21.Cl.Cl. The van der Waals surface area contributed by atoms with Crippen molar-refractivity contribution in [1.82, 2.24) is 0 Å². The monoisotopic (exact) mass is 590 g/mol. The van der Waals surface area contributed by atoms with Gasteiger partial charge >= 0.3 is 219 Å². The van der Waals surface area contributed by atoms with Gasteiger partial charge in [0.25, 0.3) is 0 Å². The van der Waals surface area contributed by atoms with Gasteiger partial charge in [0.1, 0.15) is 0 Å². The van der Waals surface area contributed by atoms with E-state index >= 15 is 0 Å². The van der Waals surface area contributed by atoms with Crippen LogP contribution in [0.15, 0.2) is 120 Å². The first kappa shape index (κ1) is 28.9. The summed E-state index contributed by atoms with van der Waals surface area (Å²) in [5.41, 5.74) is 9.12. The van der Waals surface area contributed by atoms with E-state index in [1.54, 1.807) is 18.9 Å². The molecule has 0 saturated carbocycles. The number of fused-ring (bicyclic) bond motifs is 2. The van der Waals surface area contributed by atoms with E-state index < -0.39 is 14.0 Å². The molecule has 2 atom stereocenters. The van der Waals surface area contributed by atoms with Crippen molar-refractivity contribution >= 4 is 52.3 Å². The zero-order valence-electron chi connectivity index (χ0n) is 22.1. The van der Waals surface area contributed by atoms with E-state index in [1.165, 1.54) is 22.3 Å². The molecule has 0 bridgehead atoms. The summed E-state index contributed by atoms with van der Waals surface area (Å²) in [4.78, 5) is 0. The van der Waals surface area contributed by atoms with Gasteiger partial charge in [-0.1, -0.05) is 0 Å². The van der Waals surface area contributed by atoms with Crippen molar-refractivity contribution in [3.63, 3.8) is 0 Å². The molecule has 0 spiro atoms. The molecule has 0 fully saturated rings. The molecule has 2 unspecified atom stereocenters. The fourth-order valence-electron chi connectivity index (χ4n) is 7.61. The van der Waals surface area contributed by atoms with Crippen molar-refractivity contribution in [3.8, 4) is 0 Å². The fourth-order valence-corrected chi connectivity index (χ4v) is 26.3. The zero-order valence-corrected chi connectivity index (χ0v) is 26.7.